The average Bonchev–Trinajstić information content (AvgIpc) is 3.49. The van der Waals surface area contributed by atoms with Crippen molar-refractivity contribution >= 4 is 40.1 Å². The fraction of sp³-hybridized carbons (Fsp3) is 0.200. The normalized spacial score (nSPS) is 12.2. The maximum absolute atomic E-state index is 12.8. The number of hydrogen-bond donors (Lipinski definition) is 3. The third-order valence-electron chi connectivity index (χ3n) is 5.79. The highest BCUT2D eigenvalue weighted by Gasteiger charge is 2.16. The number of hydrogen-bond acceptors (Lipinski definition) is 7. The Hall–Kier alpha value is -4.25. The van der Waals surface area contributed by atoms with E-state index in [0.29, 0.717) is 28.2 Å². The summed E-state index contributed by atoms with van der Waals surface area (Å²) < 4.78 is 33.3. The van der Waals surface area contributed by atoms with E-state index in [2.05, 4.69) is 37.7 Å². The molecular formula is C25H23ClF2N8O. The molecular weight excluding hydrogens is 502 g/mol. The Balaban J connectivity index is 1.30. The van der Waals surface area contributed by atoms with Gasteiger partial charge in [0.2, 0.25) is 5.95 Å². The Bertz CT molecular complexity index is 1500. The van der Waals surface area contributed by atoms with Gasteiger partial charge < -0.3 is 19.9 Å². The molecule has 0 bridgehead atoms. The summed E-state index contributed by atoms with van der Waals surface area (Å²) >= 11 is 5.82. The van der Waals surface area contributed by atoms with Crippen LogP contribution in [0.25, 0.3) is 11.0 Å². The number of aromatic nitrogens is 6. The molecule has 9 nitrogen and oxygen atoms in total. The van der Waals surface area contributed by atoms with Gasteiger partial charge >= 0.3 is 6.01 Å². The highest BCUT2D eigenvalue weighted by atomic mass is 35.5. The van der Waals surface area contributed by atoms with E-state index in [1.807, 2.05) is 54.1 Å². The van der Waals surface area contributed by atoms with E-state index in [4.69, 9.17) is 21.3 Å². The Kier molecular flexibility index (Phi) is 6.87. The van der Waals surface area contributed by atoms with E-state index >= 15 is 0 Å². The van der Waals surface area contributed by atoms with Crippen LogP contribution >= 0.6 is 11.6 Å². The lowest BCUT2D eigenvalue weighted by Gasteiger charge is -2.18. The van der Waals surface area contributed by atoms with Crippen LogP contribution in [-0.2, 0) is 7.05 Å². The first-order valence-corrected chi connectivity index (χ1v) is 11.9. The lowest BCUT2D eigenvalue weighted by Crippen LogP contribution is -2.12. The molecule has 37 heavy (non-hydrogen) atoms. The summed E-state index contributed by atoms with van der Waals surface area (Å²) in [7, 11) is 1.92. The fourth-order valence-electron chi connectivity index (χ4n) is 3.86. The van der Waals surface area contributed by atoms with Crippen molar-refractivity contribution in [2.75, 3.05) is 10.6 Å². The van der Waals surface area contributed by atoms with E-state index in [1.54, 1.807) is 0 Å². The zero-order valence-electron chi connectivity index (χ0n) is 19.9. The van der Waals surface area contributed by atoms with Crippen molar-refractivity contribution in [2.24, 2.45) is 7.05 Å². The molecule has 12 heteroatoms. The second-order valence-corrected chi connectivity index (χ2v) is 8.73. The van der Waals surface area contributed by atoms with Gasteiger partial charge in [0, 0.05) is 18.8 Å². The maximum Gasteiger partial charge on any atom is 0.321 e. The van der Waals surface area contributed by atoms with Gasteiger partial charge in [0.1, 0.15) is 11.4 Å². The number of rotatable bonds is 9. The molecule has 0 aliphatic carbocycles. The molecule has 5 rings (SSSR count). The number of nitrogens with one attached hydrogen (secondary N) is 3. The zero-order valence-corrected chi connectivity index (χ0v) is 20.7. The molecule has 0 radical (unpaired) electrons. The number of aromatic amines is 1. The molecule has 0 spiro atoms. The Morgan fingerprint density at radius 2 is 1.84 bits per heavy atom. The molecule has 1 atom stereocenters. The number of alkyl halides is 2. The lowest BCUT2D eigenvalue weighted by atomic mass is 10.0. The SMILES string of the molecule is CCC(Nc1nc2ccc(Nc3cc(C(F)F)[nH]n3)cc2n1C)c1ccc(Oc2ncc(Cl)cn2)cc1. The van der Waals surface area contributed by atoms with E-state index in [-0.39, 0.29) is 17.7 Å². The van der Waals surface area contributed by atoms with Crippen LogP contribution in [-0.4, -0.2) is 29.7 Å². The second kappa shape index (κ2) is 10.4. The maximum atomic E-state index is 12.8. The number of halogens is 3. The van der Waals surface area contributed by atoms with Crippen LogP contribution < -0.4 is 15.4 Å². The van der Waals surface area contributed by atoms with Gasteiger partial charge in [-0.15, -0.1) is 0 Å². The Labute approximate surface area is 215 Å². The van der Waals surface area contributed by atoms with Crippen molar-refractivity contribution in [3.05, 3.63) is 77.2 Å². The van der Waals surface area contributed by atoms with Gasteiger partial charge in [-0.05, 0) is 42.3 Å². The second-order valence-electron chi connectivity index (χ2n) is 8.29. The minimum atomic E-state index is -2.61. The third-order valence-corrected chi connectivity index (χ3v) is 5.98. The summed E-state index contributed by atoms with van der Waals surface area (Å²) in [5, 5.41) is 13.2. The number of nitrogens with zero attached hydrogens (tertiary/aromatic N) is 5. The summed E-state index contributed by atoms with van der Waals surface area (Å²) in [4.78, 5) is 12.8. The van der Waals surface area contributed by atoms with E-state index in [1.165, 1.54) is 18.5 Å². The number of ether oxygens (including phenoxy) is 1. The molecule has 0 fully saturated rings. The monoisotopic (exact) mass is 524 g/mol. The topological polar surface area (TPSA) is 106 Å². The van der Waals surface area contributed by atoms with Crippen molar-refractivity contribution in [3.8, 4) is 11.8 Å². The summed E-state index contributed by atoms with van der Waals surface area (Å²) in [5.41, 5.74) is 3.21. The van der Waals surface area contributed by atoms with Gasteiger partial charge in [-0.3, -0.25) is 5.10 Å². The summed E-state index contributed by atoms with van der Waals surface area (Å²) in [5.74, 6) is 1.63. The van der Waals surface area contributed by atoms with E-state index < -0.39 is 6.43 Å². The van der Waals surface area contributed by atoms with E-state index in [9.17, 15) is 8.78 Å². The number of fused-ring (bicyclic) bond motifs is 1. The molecule has 1 unspecified atom stereocenters. The highest BCUT2D eigenvalue weighted by molar-refractivity contribution is 6.30. The van der Waals surface area contributed by atoms with Crippen LogP contribution in [0.15, 0.2) is 60.9 Å². The largest absolute Gasteiger partial charge is 0.424 e. The molecule has 3 heterocycles. The van der Waals surface area contributed by atoms with Gasteiger partial charge in [-0.25, -0.2) is 23.7 Å². The molecule has 3 N–H and O–H groups in total. The number of anilines is 3. The van der Waals surface area contributed by atoms with E-state index in [0.717, 1.165) is 23.0 Å². The molecule has 0 aliphatic heterocycles. The fourth-order valence-corrected chi connectivity index (χ4v) is 3.96. The standard InChI is InChI=1S/C25H23ClF2N8O/c1-3-18(14-4-7-17(8-5-14)37-25-29-12-15(26)13-30-25)32-24-33-19-9-6-16(10-21(19)36(24)2)31-22-11-20(23(27)28)34-35-22/h4-13,18,23H,3H2,1-2H3,(H,32,33)(H2,31,34,35). The minimum Gasteiger partial charge on any atom is -0.424 e. The number of H-pyrrole nitrogens is 1. The van der Waals surface area contributed by atoms with Crippen molar-refractivity contribution < 1.29 is 13.5 Å². The molecule has 3 aromatic heterocycles. The number of aryl methyl sites for hydroxylation is 1. The summed E-state index contributed by atoms with van der Waals surface area (Å²) in [6.07, 6.45) is 1.17. The molecule has 0 amide bonds. The van der Waals surface area contributed by atoms with Crippen molar-refractivity contribution in [3.63, 3.8) is 0 Å². The molecule has 0 aliphatic rings. The van der Waals surface area contributed by atoms with Crippen LogP contribution in [0.2, 0.25) is 5.02 Å². The molecule has 5 aromatic rings. The Morgan fingerprint density at radius 3 is 2.51 bits per heavy atom. The van der Waals surface area contributed by atoms with Crippen LogP contribution in [0.5, 0.6) is 11.8 Å². The molecule has 0 saturated carbocycles. The first kappa shape index (κ1) is 24.4. The van der Waals surface area contributed by atoms with Crippen molar-refractivity contribution in [1.82, 2.24) is 29.7 Å². The predicted octanol–water partition coefficient (Wildman–Crippen LogP) is 6.78. The zero-order chi connectivity index (χ0) is 25.9. The average molecular weight is 525 g/mol. The first-order valence-electron chi connectivity index (χ1n) is 11.5. The Morgan fingerprint density at radius 1 is 1.08 bits per heavy atom. The van der Waals surface area contributed by atoms with Crippen LogP contribution in [0.3, 0.4) is 0 Å². The van der Waals surface area contributed by atoms with Crippen LogP contribution in [0.1, 0.15) is 37.1 Å². The van der Waals surface area contributed by atoms with Crippen LogP contribution in [0.4, 0.5) is 26.2 Å². The predicted molar refractivity (Wildman–Crippen MR) is 138 cm³/mol. The summed E-state index contributed by atoms with van der Waals surface area (Å²) in [6.45, 7) is 2.09. The van der Waals surface area contributed by atoms with Crippen molar-refractivity contribution in [1.29, 1.82) is 0 Å². The molecule has 0 saturated heterocycles. The lowest BCUT2D eigenvalue weighted by molar-refractivity contribution is 0.146. The van der Waals surface area contributed by atoms with Crippen LogP contribution in [0, 0.1) is 0 Å². The molecule has 2 aromatic carbocycles. The first-order chi connectivity index (χ1) is 17.9. The van der Waals surface area contributed by atoms with Gasteiger partial charge in [-0.2, -0.15) is 5.10 Å². The van der Waals surface area contributed by atoms with Gasteiger partial charge in [0.15, 0.2) is 5.82 Å². The van der Waals surface area contributed by atoms with Gasteiger partial charge in [0.25, 0.3) is 6.43 Å². The van der Waals surface area contributed by atoms with Gasteiger partial charge in [-0.1, -0.05) is 30.7 Å². The minimum absolute atomic E-state index is 0.00534. The number of benzene rings is 2. The molecule has 190 valence electrons. The third kappa shape index (κ3) is 5.46. The summed E-state index contributed by atoms with van der Waals surface area (Å²) in [6, 6.07) is 14.8. The number of imidazole rings is 1. The quantitative estimate of drug-likeness (QED) is 0.195. The smallest absolute Gasteiger partial charge is 0.321 e. The van der Waals surface area contributed by atoms with Gasteiger partial charge in [0.05, 0.1) is 34.5 Å². The van der Waals surface area contributed by atoms with Crippen molar-refractivity contribution in [2.45, 2.75) is 25.8 Å². The highest BCUT2D eigenvalue weighted by Crippen LogP contribution is 2.29.